The number of benzene rings is 1. The van der Waals surface area contributed by atoms with Gasteiger partial charge in [0.1, 0.15) is 9.84 Å². The highest BCUT2D eigenvalue weighted by Gasteiger charge is 2.33. The molecule has 2 rings (SSSR count). The van der Waals surface area contributed by atoms with Crippen LogP contribution in [0, 0.1) is 17.6 Å². The molecule has 0 bridgehead atoms. The van der Waals surface area contributed by atoms with Crippen LogP contribution < -0.4 is 5.73 Å². The number of halogens is 2. The van der Waals surface area contributed by atoms with E-state index in [0.717, 1.165) is 18.9 Å². The first-order chi connectivity index (χ1) is 9.30. The van der Waals surface area contributed by atoms with Gasteiger partial charge in [0.2, 0.25) is 0 Å². The van der Waals surface area contributed by atoms with Crippen molar-refractivity contribution < 1.29 is 17.2 Å². The lowest BCUT2D eigenvalue weighted by Crippen LogP contribution is -2.33. The maximum atomic E-state index is 13.8. The Morgan fingerprint density at radius 1 is 1.30 bits per heavy atom. The Morgan fingerprint density at radius 3 is 2.65 bits per heavy atom. The molecule has 1 aromatic carbocycles. The summed E-state index contributed by atoms with van der Waals surface area (Å²) in [7, 11) is -3.12. The Morgan fingerprint density at radius 2 is 2.00 bits per heavy atom. The summed E-state index contributed by atoms with van der Waals surface area (Å²) in [6, 6.07) is 3.26. The topological polar surface area (TPSA) is 60.2 Å². The molecule has 0 aromatic heterocycles. The molecule has 0 saturated heterocycles. The Labute approximate surface area is 118 Å². The van der Waals surface area contributed by atoms with Crippen molar-refractivity contribution in [2.45, 2.75) is 37.0 Å². The van der Waals surface area contributed by atoms with E-state index in [1.165, 1.54) is 18.4 Å². The number of rotatable bonds is 3. The van der Waals surface area contributed by atoms with Gasteiger partial charge in [-0.05, 0) is 31.2 Å². The molecule has 3 unspecified atom stereocenters. The number of hydrogen-bond acceptors (Lipinski definition) is 3. The molecular formula is C14H19F2NO2S. The van der Waals surface area contributed by atoms with Crippen molar-refractivity contribution in [2.24, 2.45) is 11.7 Å². The maximum Gasteiger partial charge on any atom is 0.163 e. The predicted molar refractivity (Wildman–Crippen MR) is 73.9 cm³/mol. The fourth-order valence-electron chi connectivity index (χ4n) is 2.93. The first-order valence-corrected chi connectivity index (χ1v) is 8.64. The summed E-state index contributed by atoms with van der Waals surface area (Å²) in [5, 5.41) is -0.427. The van der Waals surface area contributed by atoms with E-state index >= 15 is 0 Å². The van der Waals surface area contributed by atoms with Crippen molar-refractivity contribution in [1.82, 2.24) is 0 Å². The fourth-order valence-corrected chi connectivity index (χ4v) is 4.12. The quantitative estimate of drug-likeness (QED) is 0.933. The van der Waals surface area contributed by atoms with Gasteiger partial charge >= 0.3 is 0 Å². The second-order valence-electron chi connectivity index (χ2n) is 5.55. The summed E-state index contributed by atoms with van der Waals surface area (Å²) < 4.78 is 50.3. The molecule has 0 amide bonds. The molecule has 3 nitrogen and oxygen atoms in total. The van der Waals surface area contributed by atoms with Crippen molar-refractivity contribution in [3.05, 3.63) is 35.4 Å². The van der Waals surface area contributed by atoms with Gasteiger partial charge in [0, 0.05) is 17.9 Å². The van der Waals surface area contributed by atoms with E-state index in [9.17, 15) is 17.2 Å². The molecule has 1 aliphatic rings. The standard InChI is InChI=1S/C14H19F2NO2S/c1-20(18,19)10-5-2-4-9(8-10)14(17)11-6-3-7-12(15)13(11)16/h3,6-7,9-10,14H,2,4-5,8,17H2,1H3. The molecule has 20 heavy (non-hydrogen) atoms. The van der Waals surface area contributed by atoms with E-state index in [4.69, 9.17) is 5.73 Å². The molecule has 112 valence electrons. The van der Waals surface area contributed by atoms with Gasteiger partial charge in [-0.25, -0.2) is 17.2 Å². The highest BCUT2D eigenvalue weighted by atomic mass is 32.2. The first-order valence-electron chi connectivity index (χ1n) is 6.69. The third-order valence-electron chi connectivity index (χ3n) is 4.12. The minimum absolute atomic E-state index is 0.129. The van der Waals surface area contributed by atoms with Crippen LogP contribution in [-0.2, 0) is 9.84 Å². The summed E-state index contributed by atoms with van der Waals surface area (Å²) >= 11 is 0. The minimum atomic E-state index is -3.12. The predicted octanol–water partition coefficient (Wildman–Crippen LogP) is 2.57. The Bertz CT molecular complexity index is 589. The lowest BCUT2D eigenvalue weighted by Gasteiger charge is -2.32. The van der Waals surface area contributed by atoms with Crippen LogP contribution in [0.4, 0.5) is 8.78 Å². The molecule has 1 aliphatic carbocycles. The van der Waals surface area contributed by atoms with Crippen molar-refractivity contribution >= 4 is 9.84 Å². The Balaban J connectivity index is 2.21. The molecule has 1 fully saturated rings. The van der Waals surface area contributed by atoms with E-state index in [1.54, 1.807) is 0 Å². The summed E-state index contributed by atoms with van der Waals surface area (Å²) in [6.45, 7) is 0. The highest BCUT2D eigenvalue weighted by molar-refractivity contribution is 7.91. The van der Waals surface area contributed by atoms with Crippen LogP contribution in [-0.4, -0.2) is 19.9 Å². The third-order valence-corrected chi connectivity index (χ3v) is 5.76. The van der Waals surface area contributed by atoms with Crippen LogP contribution in [0.1, 0.15) is 37.3 Å². The van der Waals surface area contributed by atoms with Gasteiger partial charge in [0.05, 0.1) is 5.25 Å². The molecule has 3 atom stereocenters. The first kappa shape index (κ1) is 15.4. The molecular weight excluding hydrogens is 284 g/mol. The van der Waals surface area contributed by atoms with Crippen molar-refractivity contribution in [1.29, 1.82) is 0 Å². The van der Waals surface area contributed by atoms with Crippen molar-refractivity contribution in [2.75, 3.05) is 6.26 Å². The van der Waals surface area contributed by atoms with Crippen molar-refractivity contribution in [3.8, 4) is 0 Å². The highest BCUT2D eigenvalue weighted by Crippen LogP contribution is 2.36. The largest absolute Gasteiger partial charge is 0.324 e. The smallest absolute Gasteiger partial charge is 0.163 e. The van der Waals surface area contributed by atoms with Crippen LogP contribution >= 0.6 is 0 Å². The summed E-state index contributed by atoms with van der Waals surface area (Å²) in [6.07, 6.45) is 3.73. The third kappa shape index (κ3) is 3.17. The summed E-state index contributed by atoms with van der Waals surface area (Å²) in [5.41, 5.74) is 6.17. The van der Waals surface area contributed by atoms with E-state index in [-0.39, 0.29) is 11.5 Å². The van der Waals surface area contributed by atoms with E-state index in [2.05, 4.69) is 0 Å². The molecule has 6 heteroatoms. The van der Waals surface area contributed by atoms with Gasteiger partial charge in [-0.1, -0.05) is 18.6 Å². The Kier molecular flexibility index (Phi) is 4.44. The van der Waals surface area contributed by atoms with Crippen LogP contribution in [0.5, 0.6) is 0 Å². The fraction of sp³-hybridized carbons (Fsp3) is 0.571. The van der Waals surface area contributed by atoms with Crippen LogP contribution in [0.25, 0.3) is 0 Å². The average Bonchev–Trinajstić information content (AvgIpc) is 2.40. The molecule has 0 aliphatic heterocycles. The van der Waals surface area contributed by atoms with Gasteiger partial charge in [-0.2, -0.15) is 0 Å². The second-order valence-corrected chi connectivity index (χ2v) is 7.87. The zero-order valence-corrected chi connectivity index (χ0v) is 12.2. The van der Waals surface area contributed by atoms with Gasteiger partial charge in [0.15, 0.2) is 11.6 Å². The molecule has 1 aromatic rings. The molecule has 1 saturated carbocycles. The van der Waals surface area contributed by atoms with Crippen LogP contribution in [0.3, 0.4) is 0 Å². The second kappa shape index (κ2) is 5.77. The lowest BCUT2D eigenvalue weighted by molar-refractivity contribution is 0.302. The normalized spacial score (nSPS) is 25.4. The molecule has 0 spiro atoms. The Hall–Kier alpha value is -1.01. The molecule has 2 N–H and O–H groups in total. The summed E-state index contributed by atoms with van der Waals surface area (Å²) in [5.74, 6) is -1.99. The number of hydrogen-bond donors (Lipinski definition) is 1. The maximum absolute atomic E-state index is 13.8. The molecule has 0 heterocycles. The molecule has 0 radical (unpaired) electrons. The van der Waals surface area contributed by atoms with Gasteiger partial charge in [-0.3, -0.25) is 0 Å². The SMILES string of the molecule is CS(=O)(=O)C1CCCC(C(N)c2cccc(F)c2F)C1. The van der Waals surface area contributed by atoms with Gasteiger partial charge in [-0.15, -0.1) is 0 Å². The van der Waals surface area contributed by atoms with Crippen LogP contribution in [0.15, 0.2) is 18.2 Å². The minimum Gasteiger partial charge on any atom is -0.324 e. The lowest BCUT2D eigenvalue weighted by atomic mass is 9.81. The monoisotopic (exact) mass is 303 g/mol. The number of sulfone groups is 1. The summed E-state index contributed by atoms with van der Waals surface area (Å²) in [4.78, 5) is 0. The van der Waals surface area contributed by atoms with Crippen LogP contribution in [0.2, 0.25) is 0 Å². The van der Waals surface area contributed by atoms with E-state index in [1.807, 2.05) is 0 Å². The van der Waals surface area contributed by atoms with Gasteiger partial charge in [0.25, 0.3) is 0 Å². The average molecular weight is 303 g/mol. The zero-order chi connectivity index (χ0) is 14.9. The van der Waals surface area contributed by atoms with Gasteiger partial charge < -0.3 is 5.73 Å². The van der Waals surface area contributed by atoms with E-state index < -0.39 is 32.8 Å². The number of nitrogens with two attached hydrogens (primary N) is 1. The zero-order valence-electron chi connectivity index (χ0n) is 11.4. The van der Waals surface area contributed by atoms with E-state index in [0.29, 0.717) is 12.8 Å². The van der Waals surface area contributed by atoms with Crippen molar-refractivity contribution in [3.63, 3.8) is 0 Å².